The lowest BCUT2D eigenvalue weighted by molar-refractivity contribution is 0.102. The van der Waals surface area contributed by atoms with E-state index in [4.69, 9.17) is 0 Å². The SMILES string of the molecule is Cc1ccc(SCCc2nnc(NC(=O)c3cc(C(C)(C)C)cc(C(C)(C)C)c3)s2)cc1. The maximum Gasteiger partial charge on any atom is 0.257 e. The minimum atomic E-state index is -0.140. The Morgan fingerprint density at radius 2 is 1.53 bits per heavy atom. The molecule has 0 saturated heterocycles. The number of anilines is 1. The van der Waals surface area contributed by atoms with Gasteiger partial charge in [0.25, 0.3) is 5.91 Å². The van der Waals surface area contributed by atoms with Crippen molar-refractivity contribution in [3.8, 4) is 0 Å². The minimum Gasteiger partial charge on any atom is -0.296 e. The van der Waals surface area contributed by atoms with Crippen LogP contribution in [0, 0.1) is 6.92 Å². The van der Waals surface area contributed by atoms with Crippen molar-refractivity contribution < 1.29 is 4.79 Å². The first-order valence-corrected chi connectivity index (χ1v) is 12.7. The highest BCUT2D eigenvalue weighted by atomic mass is 32.2. The number of nitrogens with one attached hydrogen (secondary N) is 1. The number of carbonyl (C=O) groups excluding carboxylic acids is 1. The predicted octanol–water partition coefficient (Wildman–Crippen LogP) is 7.03. The number of aromatic nitrogens is 2. The van der Waals surface area contributed by atoms with Gasteiger partial charge in [-0.2, -0.15) is 0 Å². The molecule has 0 spiro atoms. The predicted molar refractivity (Wildman–Crippen MR) is 137 cm³/mol. The zero-order valence-electron chi connectivity index (χ0n) is 20.1. The maximum absolute atomic E-state index is 13.0. The monoisotopic (exact) mass is 467 g/mol. The smallest absolute Gasteiger partial charge is 0.257 e. The molecule has 0 saturated carbocycles. The van der Waals surface area contributed by atoms with E-state index in [2.05, 4.69) is 94.3 Å². The zero-order chi connectivity index (χ0) is 23.5. The Balaban J connectivity index is 1.67. The normalized spacial score (nSPS) is 12.1. The Hall–Kier alpha value is -2.18. The van der Waals surface area contributed by atoms with Crippen molar-refractivity contribution in [3.05, 3.63) is 69.7 Å². The molecule has 1 N–H and O–H groups in total. The van der Waals surface area contributed by atoms with E-state index in [9.17, 15) is 4.79 Å². The van der Waals surface area contributed by atoms with E-state index in [0.717, 1.165) is 28.3 Å². The van der Waals surface area contributed by atoms with Crippen LogP contribution in [0.15, 0.2) is 47.4 Å². The Morgan fingerprint density at radius 1 is 0.938 bits per heavy atom. The molecule has 32 heavy (non-hydrogen) atoms. The van der Waals surface area contributed by atoms with Crippen LogP contribution >= 0.6 is 23.1 Å². The first kappa shape index (κ1) is 24.5. The van der Waals surface area contributed by atoms with Gasteiger partial charge in [0.1, 0.15) is 5.01 Å². The topological polar surface area (TPSA) is 54.9 Å². The molecule has 0 aliphatic carbocycles. The fourth-order valence-electron chi connectivity index (χ4n) is 3.09. The van der Waals surface area contributed by atoms with Crippen LogP contribution in [0.4, 0.5) is 5.13 Å². The highest BCUT2D eigenvalue weighted by molar-refractivity contribution is 7.99. The lowest BCUT2D eigenvalue weighted by Gasteiger charge is -2.26. The van der Waals surface area contributed by atoms with Crippen LogP contribution in [0.1, 0.15) is 73.6 Å². The molecule has 0 atom stereocenters. The van der Waals surface area contributed by atoms with Crippen molar-refractivity contribution in [2.75, 3.05) is 11.1 Å². The molecular weight excluding hydrogens is 434 g/mol. The van der Waals surface area contributed by atoms with Crippen molar-refractivity contribution in [2.45, 2.75) is 70.6 Å². The molecule has 3 aromatic rings. The van der Waals surface area contributed by atoms with Gasteiger partial charge in [-0.3, -0.25) is 10.1 Å². The maximum atomic E-state index is 13.0. The molecule has 2 aromatic carbocycles. The number of aryl methyl sites for hydroxylation is 2. The Kier molecular flexibility index (Phi) is 7.46. The summed E-state index contributed by atoms with van der Waals surface area (Å²) < 4.78 is 0. The van der Waals surface area contributed by atoms with Crippen LogP contribution in [0.25, 0.3) is 0 Å². The summed E-state index contributed by atoms with van der Waals surface area (Å²) in [7, 11) is 0. The Bertz CT molecular complexity index is 1040. The van der Waals surface area contributed by atoms with Crippen molar-refractivity contribution in [2.24, 2.45) is 0 Å². The number of amides is 1. The molecule has 1 heterocycles. The third-order valence-corrected chi connectivity index (χ3v) is 7.13. The molecule has 1 aromatic heterocycles. The van der Waals surface area contributed by atoms with Gasteiger partial charge in [-0.25, -0.2) is 0 Å². The van der Waals surface area contributed by atoms with Gasteiger partial charge in [0.05, 0.1) is 0 Å². The highest BCUT2D eigenvalue weighted by Crippen LogP contribution is 2.31. The van der Waals surface area contributed by atoms with E-state index in [0.29, 0.717) is 10.7 Å². The molecule has 0 aliphatic heterocycles. The quantitative estimate of drug-likeness (QED) is 0.395. The number of hydrogen-bond acceptors (Lipinski definition) is 5. The number of carbonyl (C=O) groups is 1. The fourth-order valence-corrected chi connectivity index (χ4v) is 4.81. The van der Waals surface area contributed by atoms with E-state index in [1.165, 1.54) is 21.8 Å². The Labute approximate surface area is 200 Å². The second-order valence-corrected chi connectivity index (χ2v) is 12.4. The third kappa shape index (κ3) is 6.66. The molecular formula is C26H33N3OS2. The molecule has 0 bridgehead atoms. The van der Waals surface area contributed by atoms with Crippen molar-refractivity contribution in [1.82, 2.24) is 10.2 Å². The first-order valence-electron chi connectivity index (χ1n) is 10.9. The second-order valence-electron chi connectivity index (χ2n) is 10.2. The highest BCUT2D eigenvalue weighted by Gasteiger charge is 2.22. The van der Waals surface area contributed by atoms with Crippen LogP contribution < -0.4 is 5.32 Å². The molecule has 0 aliphatic rings. The average Bonchev–Trinajstić information content (AvgIpc) is 3.15. The second kappa shape index (κ2) is 9.75. The van der Waals surface area contributed by atoms with E-state index in [-0.39, 0.29) is 16.7 Å². The third-order valence-electron chi connectivity index (χ3n) is 5.22. The van der Waals surface area contributed by atoms with Gasteiger partial charge in [-0.1, -0.05) is 76.6 Å². The van der Waals surface area contributed by atoms with Crippen LogP contribution in [0.2, 0.25) is 0 Å². The van der Waals surface area contributed by atoms with Gasteiger partial charge < -0.3 is 0 Å². The van der Waals surface area contributed by atoms with Gasteiger partial charge in [-0.05, 0) is 53.1 Å². The molecule has 1 amide bonds. The summed E-state index contributed by atoms with van der Waals surface area (Å²) in [4.78, 5) is 14.3. The van der Waals surface area contributed by atoms with E-state index < -0.39 is 0 Å². The van der Waals surface area contributed by atoms with Gasteiger partial charge in [-0.15, -0.1) is 22.0 Å². The number of thioether (sulfide) groups is 1. The van der Waals surface area contributed by atoms with Crippen molar-refractivity contribution in [1.29, 1.82) is 0 Å². The largest absolute Gasteiger partial charge is 0.296 e. The summed E-state index contributed by atoms with van der Waals surface area (Å²) in [6.07, 6.45) is 0.819. The van der Waals surface area contributed by atoms with Gasteiger partial charge in [0, 0.05) is 22.6 Å². The molecule has 3 rings (SSSR count). The lowest BCUT2D eigenvalue weighted by Crippen LogP contribution is -2.20. The minimum absolute atomic E-state index is 0.0404. The first-order chi connectivity index (χ1) is 14.9. The summed E-state index contributed by atoms with van der Waals surface area (Å²) in [6, 6.07) is 14.7. The molecule has 170 valence electrons. The molecule has 0 unspecified atom stereocenters. The zero-order valence-corrected chi connectivity index (χ0v) is 21.7. The molecule has 4 nitrogen and oxygen atoms in total. The van der Waals surface area contributed by atoms with E-state index in [1.54, 1.807) is 11.8 Å². The molecule has 0 radical (unpaired) electrons. The lowest BCUT2D eigenvalue weighted by atomic mass is 9.79. The summed E-state index contributed by atoms with van der Waals surface area (Å²) in [5.74, 6) is 0.784. The van der Waals surface area contributed by atoms with E-state index in [1.807, 2.05) is 12.1 Å². The van der Waals surface area contributed by atoms with Crippen LogP contribution in [-0.2, 0) is 17.3 Å². The standard InChI is InChI=1S/C26H33N3OS2/c1-17-8-10-21(11-9-17)31-13-12-22-28-29-24(32-22)27-23(30)18-14-19(25(2,3)4)16-20(15-18)26(5,6)7/h8-11,14-16H,12-13H2,1-7H3,(H,27,29,30). The van der Waals surface area contributed by atoms with Gasteiger partial charge in [0.15, 0.2) is 0 Å². The van der Waals surface area contributed by atoms with Crippen molar-refractivity contribution in [3.63, 3.8) is 0 Å². The van der Waals surface area contributed by atoms with Gasteiger partial charge >= 0.3 is 0 Å². The Morgan fingerprint density at radius 3 is 2.09 bits per heavy atom. The summed E-state index contributed by atoms with van der Waals surface area (Å²) in [5.41, 5.74) is 4.15. The summed E-state index contributed by atoms with van der Waals surface area (Å²) >= 11 is 3.25. The summed E-state index contributed by atoms with van der Waals surface area (Å²) in [6.45, 7) is 15.1. The molecule has 6 heteroatoms. The van der Waals surface area contributed by atoms with Crippen molar-refractivity contribution >= 4 is 34.1 Å². The number of hydrogen-bond donors (Lipinski definition) is 1. The van der Waals surface area contributed by atoms with Crippen LogP contribution in [-0.4, -0.2) is 21.9 Å². The average molecular weight is 468 g/mol. The van der Waals surface area contributed by atoms with Crippen LogP contribution in [0.3, 0.4) is 0 Å². The van der Waals surface area contributed by atoms with Gasteiger partial charge in [0.2, 0.25) is 5.13 Å². The molecule has 0 fully saturated rings. The van der Waals surface area contributed by atoms with Crippen LogP contribution in [0.5, 0.6) is 0 Å². The number of nitrogens with zero attached hydrogens (tertiary/aromatic N) is 2. The van der Waals surface area contributed by atoms with E-state index >= 15 is 0 Å². The summed E-state index contributed by atoms with van der Waals surface area (Å²) in [5, 5.41) is 12.9. The fraction of sp³-hybridized carbons (Fsp3) is 0.423. The number of benzene rings is 2. The number of rotatable bonds is 6.